The van der Waals surface area contributed by atoms with E-state index in [-0.39, 0.29) is 6.10 Å². The van der Waals surface area contributed by atoms with Crippen LogP contribution in [-0.4, -0.2) is 16.1 Å². The van der Waals surface area contributed by atoms with Crippen molar-refractivity contribution in [2.45, 2.75) is 24.9 Å². The molecule has 1 atom stereocenters. The highest BCUT2D eigenvalue weighted by Crippen LogP contribution is 2.44. The van der Waals surface area contributed by atoms with Crippen molar-refractivity contribution in [1.82, 2.24) is 9.59 Å². The first-order chi connectivity index (χ1) is 8.90. The van der Waals surface area contributed by atoms with Gasteiger partial charge in [0.25, 0.3) is 6.47 Å². The van der Waals surface area contributed by atoms with Crippen LogP contribution in [0.3, 0.4) is 0 Å². The number of rotatable bonds is 5. The van der Waals surface area contributed by atoms with Gasteiger partial charge >= 0.3 is 0 Å². The van der Waals surface area contributed by atoms with Crippen molar-refractivity contribution >= 4 is 18.0 Å². The van der Waals surface area contributed by atoms with Crippen molar-refractivity contribution in [2.24, 2.45) is 0 Å². The van der Waals surface area contributed by atoms with E-state index >= 15 is 0 Å². The molecule has 0 radical (unpaired) electrons. The predicted octanol–water partition coefficient (Wildman–Crippen LogP) is 2.68. The number of carbonyl (C=O) groups is 1. The molecule has 1 saturated carbocycles. The minimum atomic E-state index is -0.376. The summed E-state index contributed by atoms with van der Waals surface area (Å²) in [5.41, 5.74) is 1.95. The van der Waals surface area contributed by atoms with Crippen LogP contribution < -0.4 is 0 Å². The molecule has 5 heteroatoms. The van der Waals surface area contributed by atoms with Gasteiger partial charge in [0.2, 0.25) is 0 Å². The molecule has 92 valence electrons. The van der Waals surface area contributed by atoms with Gasteiger partial charge in [-0.05, 0) is 29.9 Å². The van der Waals surface area contributed by atoms with Gasteiger partial charge in [-0.1, -0.05) is 34.8 Å². The molecular weight excluding hydrogens is 248 g/mol. The summed E-state index contributed by atoms with van der Waals surface area (Å²) in [5, 5.41) is 4.18. The Morgan fingerprint density at radius 3 is 2.78 bits per heavy atom. The van der Waals surface area contributed by atoms with Gasteiger partial charge in [-0.25, -0.2) is 0 Å². The van der Waals surface area contributed by atoms with Gasteiger partial charge in [0, 0.05) is 5.92 Å². The molecule has 3 rings (SSSR count). The molecule has 0 saturated heterocycles. The second kappa shape index (κ2) is 4.86. The topological polar surface area (TPSA) is 52.1 Å². The monoisotopic (exact) mass is 260 g/mol. The van der Waals surface area contributed by atoms with E-state index in [1.54, 1.807) is 0 Å². The summed E-state index contributed by atoms with van der Waals surface area (Å²) in [6.45, 7) is 0.494. The van der Waals surface area contributed by atoms with Crippen LogP contribution in [0.25, 0.3) is 0 Å². The Morgan fingerprint density at radius 1 is 1.33 bits per heavy atom. The maximum absolute atomic E-state index is 10.7. The second-order valence-electron chi connectivity index (χ2n) is 4.32. The van der Waals surface area contributed by atoms with Crippen LogP contribution in [0.15, 0.2) is 30.3 Å². The Balaban J connectivity index is 1.98. The highest BCUT2D eigenvalue weighted by Gasteiger charge is 2.33. The van der Waals surface area contributed by atoms with E-state index in [0.29, 0.717) is 12.4 Å². The van der Waals surface area contributed by atoms with Crippen LogP contribution in [0.1, 0.15) is 41.0 Å². The molecule has 0 amide bonds. The first-order valence-corrected chi connectivity index (χ1v) is 6.63. The van der Waals surface area contributed by atoms with Crippen LogP contribution in [0.5, 0.6) is 0 Å². The predicted molar refractivity (Wildman–Crippen MR) is 67.3 cm³/mol. The third-order valence-electron chi connectivity index (χ3n) is 3.04. The van der Waals surface area contributed by atoms with E-state index in [9.17, 15) is 4.79 Å². The van der Waals surface area contributed by atoms with Crippen LogP contribution in [0.4, 0.5) is 0 Å². The van der Waals surface area contributed by atoms with Crippen molar-refractivity contribution < 1.29 is 9.53 Å². The van der Waals surface area contributed by atoms with Crippen molar-refractivity contribution in [3.63, 3.8) is 0 Å². The summed E-state index contributed by atoms with van der Waals surface area (Å²) < 4.78 is 9.25. The third kappa shape index (κ3) is 2.13. The largest absolute Gasteiger partial charge is 0.454 e. The van der Waals surface area contributed by atoms with E-state index in [2.05, 4.69) is 9.59 Å². The first-order valence-electron chi connectivity index (χ1n) is 5.86. The van der Waals surface area contributed by atoms with Gasteiger partial charge in [0.15, 0.2) is 6.10 Å². The summed E-state index contributed by atoms with van der Waals surface area (Å²) in [7, 11) is 0. The smallest absolute Gasteiger partial charge is 0.294 e. The molecule has 1 unspecified atom stereocenters. The van der Waals surface area contributed by atoms with Gasteiger partial charge in [-0.3, -0.25) is 4.79 Å². The SMILES string of the molecule is O=COC(c1ccccc1)c1snnc1C1CC1. The molecule has 18 heavy (non-hydrogen) atoms. The lowest BCUT2D eigenvalue weighted by molar-refractivity contribution is -0.132. The lowest BCUT2D eigenvalue weighted by atomic mass is 10.1. The van der Waals surface area contributed by atoms with E-state index < -0.39 is 0 Å². The third-order valence-corrected chi connectivity index (χ3v) is 3.82. The first kappa shape index (κ1) is 11.3. The summed E-state index contributed by atoms with van der Waals surface area (Å²) in [6.07, 6.45) is 1.93. The fourth-order valence-electron chi connectivity index (χ4n) is 2.00. The molecule has 1 fully saturated rings. The van der Waals surface area contributed by atoms with Gasteiger partial charge < -0.3 is 4.74 Å². The standard InChI is InChI=1S/C13H12N2O2S/c16-8-17-12(10-4-2-1-3-5-10)13-11(9-6-7-9)14-15-18-13/h1-5,8-9,12H,6-7H2. The zero-order chi connectivity index (χ0) is 12.4. The lowest BCUT2D eigenvalue weighted by Gasteiger charge is -2.14. The van der Waals surface area contributed by atoms with Gasteiger partial charge in [0.1, 0.15) is 0 Å². The molecule has 2 aromatic rings. The van der Waals surface area contributed by atoms with Crippen molar-refractivity contribution in [2.75, 3.05) is 0 Å². The average Bonchev–Trinajstić information content (AvgIpc) is 3.15. The molecule has 1 aromatic heterocycles. The maximum atomic E-state index is 10.7. The Hall–Kier alpha value is -1.75. The molecule has 1 aromatic carbocycles. The number of hydrogen-bond acceptors (Lipinski definition) is 5. The minimum Gasteiger partial charge on any atom is -0.454 e. The highest BCUT2D eigenvalue weighted by molar-refractivity contribution is 7.05. The summed E-state index contributed by atoms with van der Waals surface area (Å²) in [6, 6.07) is 9.70. The molecular formula is C13H12N2O2S. The summed E-state index contributed by atoms with van der Waals surface area (Å²) in [5.74, 6) is 0.500. The van der Waals surface area contributed by atoms with Crippen molar-refractivity contribution in [3.8, 4) is 0 Å². The number of carbonyl (C=O) groups excluding carboxylic acids is 1. The summed E-state index contributed by atoms with van der Waals surface area (Å²) >= 11 is 1.32. The molecule has 0 spiro atoms. The van der Waals surface area contributed by atoms with Crippen LogP contribution in [-0.2, 0) is 9.53 Å². The zero-order valence-electron chi connectivity index (χ0n) is 9.65. The van der Waals surface area contributed by atoms with Gasteiger partial charge in [0.05, 0.1) is 10.6 Å². The molecule has 0 bridgehead atoms. The molecule has 4 nitrogen and oxygen atoms in total. The Morgan fingerprint density at radius 2 is 2.11 bits per heavy atom. The normalized spacial score (nSPS) is 16.2. The molecule has 1 heterocycles. The number of hydrogen-bond donors (Lipinski definition) is 0. The highest BCUT2D eigenvalue weighted by atomic mass is 32.1. The molecule has 0 N–H and O–H groups in total. The number of ether oxygens (including phenoxy) is 1. The fraction of sp³-hybridized carbons (Fsp3) is 0.308. The van der Waals surface area contributed by atoms with Crippen LogP contribution >= 0.6 is 11.5 Å². The number of benzene rings is 1. The minimum absolute atomic E-state index is 0.376. The zero-order valence-corrected chi connectivity index (χ0v) is 10.5. The van der Waals surface area contributed by atoms with Gasteiger partial charge in [-0.2, -0.15) is 0 Å². The van der Waals surface area contributed by atoms with E-state index in [1.807, 2.05) is 30.3 Å². The van der Waals surface area contributed by atoms with Crippen LogP contribution in [0, 0.1) is 0 Å². The average molecular weight is 260 g/mol. The lowest BCUT2D eigenvalue weighted by Crippen LogP contribution is -2.05. The van der Waals surface area contributed by atoms with E-state index in [4.69, 9.17) is 4.74 Å². The Kier molecular flexibility index (Phi) is 3.06. The van der Waals surface area contributed by atoms with E-state index in [1.165, 1.54) is 11.5 Å². The van der Waals surface area contributed by atoms with E-state index in [0.717, 1.165) is 29.0 Å². The second-order valence-corrected chi connectivity index (χ2v) is 5.11. The summed E-state index contributed by atoms with van der Waals surface area (Å²) in [4.78, 5) is 11.7. The Bertz CT molecular complexity index is 537. The van der Waals surface area contributed by atoms with Gasteiger partial charge in [-0.15, -0.1) is 5.10 Å². The molecule has 1 aliphatic rings. The quantitative estimate of drug-likeness (QED) is 0.776. The van der Waals surface area contributed by atoms with Crippen LogP contribution in [0.2, 0.25) is 0 Å². The Labute approximate surface area is 109 Å². The fourth-order valence-corrected chi connectivity index (χ4v) is 2.81. The van der Waals surface area contributed by atoms with Crippen molar-refractivity contribution in [1.29, 1.82) is 0 Å². The van der Waals surface area contributed by atoms with Crippen molar-refractivity contribution in [3.05, 3.63) is 46.5 Å². The number of aromatic nitrogens is 2. The number of nitrogens with zero attached hydrogens (tertiary/aromatic N) is 2. The maximum Gasteiger partial charge on any atom is 0.294 e. The molecule has 1 aliphatic carbocycles. The molecule has 0 aliphatic heterocycles.